The lowest BCUT2D eigenvalue weighted by atomic mass is 10.3. The Labute approximate surface area is 155 Å². The summed E-state index contributed by atoms with van der Waals surface area (Å²) in [7, 11) is -1.52. The normalized spacial score (nSPS) is 16.3. The molecule has 0 saturated heterocycles. The Hall–Kier alpha value is -1.96. The zero-order valence-corrected chi connectivity index (χ0v) is 15.1. The molecule has 1 aliphatic heterocycles. The number of nitrogens with zero attached hydrogens (tertiary/aromatic N) is 1. The van der Waals surface area contributed by atoms with E-state index < -0.39 is 22.5 Å². The number of anilines is 1. The first-order chi connectivity index (χ1) is 12.0. The second kappa shape index (κ2) is 7.95. The lowest BCUT2D eigenvalue weighted by Crippen LogP contribution is -2.16. The summed E-state index contributed by atoms with van der Waals surface area (Å²) in [4.78, 5) is 17.3. The number of rotatable bonds is 5. The van der Waals surface area contributed by atoms with Crippen LogP contribution >= 0.6 is 23.4 Å². The van der Waals surface area contributed by atoms with E-state index in [4.69, 9.17) is 11.6 Å². The van der Waals surface area contributed by atoms with E-state index in [0.717, 1.165) is 11.6 Å². The van der Waals surface area contributed by atoms with Crippen LogP contribution in [0.2, 0.25) is 5.02 Å². The van der Waals surface area contributed by atoms with Crippen molar-refractivity contribution >= 4 is 45.8 Å². The number of aromatic nitrogens is 1. The van der Waals surface area contributed by atoms with Crippen LogP contribution in [0.1, 0.15) is 5.56 Å². The van der Waals surface area contributed by atoms with Crippen molar-refractivity contribution in [1.82, 2.24) is 4.98 Å². The molecule has 128 valence electrons. The van der Waals surface area contributed by atoms with Gasteiger partial charge in [-0.25, -0.2) is 8.60 Å². The first-order valence-corrected chi connectivity index (χ1v) is 9.73. The highest BCUT2D eigenvalue weighted by molar-refractivity contribution is 8.04. The molecule has 2 heterocycles. The number of pyridine rings is 1. The maximum absolute atomic E-state index is 13.2. The Bertz CT molecular complexity index is 901. The van der Waals surface area contributed by atoms with Gasteiger partial charge in [-0.05, 0) is 42.0 Å². The summed E-state index contributed by atoms with van der Waals surface area (Å²) in [6, 6.07) is 7.63. The van der Waals surface area contributed by atoms with Gasteiger partial charge in [-0.15, -0.1) is 11.8 Å². The van der Waals surface area contributed by atoms with Crippen LogP contribution in [0.5, 0.6) is 0 Å². The number of carbonyl (C=O) groups is 1. The van der Waals surface area contributed by atoms with Crippen LogP contribution in [0, 0.1) is 5.82 Å². The number of hydrogen-bond acceptors (Lipinski definition) is 4. The van der Waals surface area contributed by atoms with Gasteiger partial charge in [0.1, 0.15) is 10.7 Å². The van der Waals surface area contributed by atoms with Crippen LogP contribution in [-0.2, 0) is 21.3 Å². The van der Waals surface area contributed by atoms with Gasteiger partial charge in [0.05, 0.1) is 15.8 Å². The van der Waals surface area contributed by atoms with E-state index in [1.165, 1.54) is 29.3 Å². The fourth-order valence-corrected chi connectivity index (χ4v) is 4.57. The number of hydrogen-bond donors (Lipinski definition) is 1. The van der Waals surface area contributed by atoms with Crippen molar-refractivity contribution in [3.05, 3.63) is 80.4 Å². The van der Waals surface area contributed by atoms with Gasteiger partial charge >= 0.3 is 0 Å². The highest BCUT2D eigenvalue weighted by Gasteiger charge is 2.24. The van der Waals surface area contributed by atoms with Gasteiger partial charge in [-0.1, -0.05) is 11.6 Å². The predicted octanol–water partition coefficient (Wildman–Crippen LogP) is 4.23. The highest BCUT2D eigenvalue weighted by atomic mass is 35.5. The van der Waals surface area contributed by atoms with Gasteiger partial charge in [0, 0.05) is 34.1 Å². The fourth-order valence-electron chi connectivity index (χ4n) is 2.09. The van der Waals surface area contributed by atoms with E-state index >= 15 is 0 Å². The maximum Gasteiger partial charge on any atom is 0.266 e. The molecule has 0 bridgehead atoms. The Balaban J connectivity index is 1.76. The molecule has 1 atom stereocenters. The minimum absolute atomic E-state index is 0.0928. The first-order valence-electron chi connectivity index (χ1n) is 7.16. The lowest BCUT2D eigenvalue weighted by molar-refractivity contribution is -0.112. The molecule has 25 heavy (non-hydrogen) atoms. The van der Waals surface area contributed by atoms with E-state index in [1.807, 2.05) is 12.1 Å². The molecule has 0 radical (unpaired) electrons. The molecule has 1 aromatic carbocycles. The van der Waals surface area contributed by atoms with Crippen molar-refractivity contribution in [1.29, 1.82) is 0 Å². The third kappa shape index (κ3) is 4.36. The molecule has 0 aliphatic carbocycles. The van der Waals surface area contributed by atoms with Gasteiger partial charge in [0.2, 0.25) is 0 Å². The maximum atomic E-state index is 13.2. The summed E-state index contributed by atoms with van der Waals surface area (Å²) in [5, 5.41) is 3.99. The van der Waals surface area contributed by atoms with Crippen molar-refractivity contribution in [2.24, 2.45) is 0 Å². The smallest absolute Gasteiger partial charge is 0.266 e. The van der Waals surface area contributed by atoms with E-state index in [0.29, 0.717) is 16.3 Å². The molecule has 0 saturated carbocycles. The quantitative estimate of drug-likeness (QED) is 0.824. The Morgan fingerprint density at radius 1 is 1.28 bits per heavy atom. The topological polar surface area (TPSA) is 59.1 Å². The van der Waals surface area contributed by atoms with E-state index in [2.05, 4.69) is 10.3 Å². The molecule has 1 N–H and O–H groups in total. The summed E-state index contributed by atoms with van der Waals surface area (Å²) >= 11 is 7.13. The highest BCUT2D eigenvalue weighted by Crippen LogP contribution is 2.32. The van der Waals surface area contributed by atoms with E-state index in [-0.39, 0.29) is 9.93 Å². The summed E-state index contributed by atoms with van der Waals surface area (Å²) in [6.07, 6.45) is 5.06. The fraction of sp³-hybridized carbons (Fsp3) is 0.0588. The number of carbonyl (C=O) groups excluding carboxylic acids is 1. The van der Waals surface area contributed by atoms with Gasteiger partial charge < -0.3 is 5.32 Å². The van der Waals surface area contributed by atoms with Crippen LogP contribution in [0.15, 0.2) is 64.0 Å². The van der Waals surface area contributed by atoms with Crippen molar-refractivity contribution in [3.8, 4) is 0 Å². The molecule has 1 aliphatic rings. The second-order valence-electron chi connectivity index (χ2n) is 5.02. The summed E-state index contributed by atoms with van der Waals surface area (Å²) < 4.78 is 25.3. The number of nitrogens with one attached hydrogen (secondary N) is 1. The summed E-state index contributed by atoms with van der Waals surface area (Å²) in [6.45, 7) is 0. The van der Waals surface area contributed by atoms with Crippen LogP contribution in [-0.4, -0.2) is 15.1 Å². The third-order valence-corrected chi connectivity index (χ3v) is 6.03. The number of benzene rings is 1. The number of amides is 1. The Morgan fingerprint density at radius 2 is 2.04 bits per heavy atom. The zero-order valence-electron chi connectivity index (χ0n) is 12.7. The number of thioether (sulfide) groups is 1. The molecule has 3 rings (SSSR count). The third-order valence-electron chi connectivity index (χ3n) is 3.30. The van der Waals surface area contributed by atoms with Crippen LogP contribution < -0.4 is 5.32 Å². The molecule has 0 fully saturated rings. The minimum atomic E-state index is -1.52. The van der Waals surface area contributed by atoms with E-state index in [9.17, 15) is 13.4 Å². The van der Waals surface area contributed by atoms with Gasteiger partial charge in [-0.2, -0.15) is 0 Å². The lowest BCUT2D eigenvalue weighted by Gasteiger charge is -2.08. The summed E-state index contributed by atoms with van der Waals surface area (Å²) in [5.74, 6) is -0.444. The molecule has 4 nitrogen and oxygen atoms in total. The standard InChI is InChI=1S/C17H12ClFN2O2S2/c18-13-9-12(1-2-14(13)19)21-17(22)16-15(5-8-25(16)23)24-10-11-3-6-20-7-4-11/h1-9H,10H2,(H,21,22). The molecule has 8 heteroatoms. The largest absolute Gasteiger partial charge is 0.321 e. The minimum Gasteiger partial charge on any atom is -0.321 e. The molecular weight excluding hydrogens is 383 g/mol. The SMILES string of the molecule is O=C(Nc1ccc(F)c(Cl)c1)C1=C(SCc2ccncc2)C=CS1=O. The van der Waals surface area contributed by atoms with E-state index in [1.54, 1.807) is 18.5 Å². The Morgan fingerprint density at radius 3 is 2.76 bits per heavy atom. The second-order valence-corrected chi connectivity index (χ2v) is 7.72. The molecular formula is C17H12ClFN2O2S2. The average molecular weight is 395 g/mol. The number of allylic oxidation sites excluding steroid dienone is 1. The number of halogens is 2. The van der Waals surface area contributed by atoms with Gasteiger partial charge in [0.25, 0.3) is 5.91 Å². The van der Waals surface area contributed by atoms with Crippen molar-refractivity contribution in [3.63, 3.8) is 0 Å². The molecule has 0 spiro atoms. The predicted molar refractivity (Wildman–Crippen MR) is 99.9 cm³/mol. The zero-order chi connectivity index (χ0) is 17.8. The van der Waals surface area contributed by atoms with Crippen molar-refractivity contribution < 1.29 is 13.4 Å². The molecule has 1 amide bonds. The molecule has 1 unspecified atom stereocenters. The van der Waals surface area contributed by atoms with Crippen LogP contribution in [0.25, 0.3) is 0 Å². The van der Waals surface area contributed by atoms with Gasteiger partial charge in [-0.3, -0.25) is 9.78 Å². The van der Waals surface area contributed by atoms with Crippen LogP contribution in [0.3, 0.4) is 0 Å². The van der Waals surface area contributed by atoms with Crippen LogP contribution in [0.4, 0.5) is 10.1 Å². The monoisotopic (exact) mass is 394 g/mol. The first kappa shape index (κ1) is 17.8. The van der Waals surface area contributed by atoms with Crippen molar-refractivity contribution in [2.45, 2.75) is 5.75 Å². The Kier molecular flexibility index (Phi) is 5.67. The molecule has 1 aromatic heterocycles. The average Bonchev–Trinajstić information content (AvgIpc) is 2.98. The van der Waals surface area contributed by atoms with Crippen molar-refractivity contribution in [2.75, 3.05) is 5.32 Å². The van der Waals surface area contributed by atoms with Gasteiger partial charge in [0.15, 0.2) is 0 Å². The molecule has 2 aromatic rings. The summed E-state index contributed by atoms with van der Waals surface area (Å²) in [5.41, 5.74) is 1.38.